The van der Waals surface area contributed by atoms with Gasteiger partial charge in [0.05, 0.1) is 7.11 Å². The van der Waals surface area contributed by atoms with E-state index in [1.165, 1.54) is 19.3 Å². The third-order valence-electron chi connectivity index (χ3n) is 3.42. The molecule has 0 bridgehead atoms. The van der Waals surface area contributed by atoms with Crippen molar-refractivity contribution in [2.45, 2.75) is 6.42 Å². The molecule has 0 aromatic heterocycles. The van der Waals surface area contributed by atoms with Crippen LogP contribution >= 0.6 is 22.6 Å². The summed E-state index contributed by atoms with van der Waals surface area (Å²) < 4.78 is 20.1. The Morgan fingerprint density at radius 3 is 2.71 bits per heavy atom. The van der Waals surface area contributed by atoms with Crippen LogP contribution in [0.1, 0.15) is 16.7 Å². The number of primary amides is 1. The first-order valence-electron chi connectivity index (χ1n) is 6.97. The minimum absolute atomic E-state index is 0.144. The van der Waals surface area contributed by atoms with Crippen molar-refractivity contribution in [3.05, 3.63) is 68.0 Å². The number of benzene rings is 2. The number of nitrogens with zero attached hydrogens (tertiary/aromatic N) is 1. The molecule has 0 aliphatic heterocycles. The smallest absolute Gasteiger partial charge is 0.259 e. The summed E-state index contributed by atoms with van der Waals surface area (Å²) in [5, 5.41) is 8.94. The fourth-order valence-electron chi connectivity index (χ4n) is 2.23. The highest BCUT2D eigenvalue weighted by atomic mass is 127. The lowest BCUT2D eigenvalue weighted by Crippen LogP contribution is -2.12. The minimum Gasteiger partial charge on any atom is -0.496 e. The molecule has 2 aromatic rings. The van der Waals surface area contributed by atoms with Gasteiger partial charge in [0, 0.05) is 15.6 Å². The van der Waals surface area contributed by atoms with Crippen molar-refractivity contribution in [2.24, 2.45) is 5.73 Å². The molecule has 0 unspecified atom stereocenters. The number of hydrogen-bond acceptors (Lipinski definition) is 3. The topological polar surface area (TPSA) is 76.1 Å². The van der Waals surface area contributed by atoms with Crippen molar-refractivity contribution in [3.63, 3.8) is 0 Å². The number of carbonyl (C=O) groups excluding carboxylic acids is 1. The van der Waals surface area contributed by atoms with Crippen LogP contribution in [0.2, 0.25) is 0 Å². The van der Waals surface area contributed by atoms with E-state index in [9.17, 15) is 9.18 Å². The van der Waals surface area contributed by atoms with E-state index in [0.29, 0.717) is 23.3 Å². The fourth-order valence-corrected chi connectivity index (χ4v) is 3.04. The number of amides is 1. The molecule has 0 spiro atoms. The zero-order valence-electron chi connectivity index (χ0n) is 12.8. The second-order valence-electron chi connectivity index (χ2n) is 4.99. The average molecular weight is 436 g/mol. The first-order chi connectivity index (χ1) is 11.5. The van der Waals surface area contributed by atoms with E-state index < -0.39 is 5.91 Å². The van der Waals surface area contributed by atoms with Crippen LogP contribution in [-0.2, 0) is 11.2 Å². The fraction of sp³-hybridized carbons (Fsp3) is 0.111. The van der Waals surface area contributed by atoms with Gasteiger partial charge >= 0.3 is 0 Å². The summed E-state index contributed by atoms with van der Waals surface area (Å²) in [6, 6.07) is 11.8. The van der Waals surface area contributed by atoms with E-state index in [0.717, 1.165) is 9.13 Å². The van der Waals surface area contributed by atoms with E-state index in [2.05, 4.69) is 22.6 Å². The van der Waals surface area contributed by atoms with Crippen LogP contribution in [0.5, 0.6) is 5.75 Å². The predicted octanol–water partition coefficient (Wildman–Crippen LogP) is 3.42. The normalized spacial score (nSPS) is 11.0. The molecule has 2 rings (SSSR count). The zero-order chi connectivity index (χ0) is 17.7. The molecule has 24 heavy (non-hydrogen) atoms. The maximum atomic E-state index is 13.9. The van der Waals surface area contributed by atoms with Gasteiger partial charge < -0.3 is 10.5 Å². The van der Waals surface area contributed by atoms with Crippen LogP contribution in [-0.4, -0.2) is 13.0 Å². The molecule has 4 nitrogen and oxygen atoms in total. The number of nitrogens with two attached hydrogens (primary N) is 1. The van der Waals surface area contributed by atoms with Gasteiger partial charge in [0.25, 0.3) is 5.91 Å². The van der Waals surface area contributed by atoms with Crippen LogP contribution in [0.4, 0.5) is 4.39 Å². The molecule has 1 amide bonds. The molecule has 0 heterocycles. The molecule has 0 saturated heterocycles. The van der Waals surface area contributed by atoms with Crippen molar-refractivity contribution >= 4 is 34.6 Å². The van der Waals surface area contributed by atoms with E-state index in [-0.39, 0.29) is 11.4 Å². The number of halogens is 2. The summed E-state index contributed by atoms with van der Waals surface area (Å²) in [5.74, 6) is -0.514. The highest BCUT2D eigenvalue weighted by Crippen LogP contribution is 2.30. The largest absolute Gasteiger partial charge is 0.496 e. The van der Waals surface area contributed by atoms with Gasteiger partial charge in [-0.1, -0.05) is 18.2 Å². The molecule has 2 aromatic carbocycles. The van der Waals surface area contributed by atoms with Crippen molar-refractivity contribution in [2.75, 3.05) is 7.11 Å². The molecular formula is C18H14FIN2O2. The van der Waals surface area contributed by atoms with Crippen LogP contribution in [0.15, 0.2) is 42.0 Å². The summed E-state index contributed by atoms with van der Waals surface area (Å²) in [6.07, 6.45) is 1.78. The summed E-state index contributed by atoms with van der Waals surface area (Å²) in [7, 11) is 1.52. The van der Waals surface area contributed by atoms with Crippen LogP contribution in [0.3, 0.4) is 0 Å². The minimum atomic E-state index is -0.790. The lowest BCUT2D eigenvalue weighted by Gasteiger charge is -2.13. The van der Waals surface area contributed by atoms with E-state index in [4.69, 9.17) is 15.7 Å². The SMILES string of the molecule is COc1cc(/C=C(\C#N)C(N)=O)cc(I)c1Cc1ccccc1F. The second kappa shape index (κ2) is 7.93. The summed E-state index contributed by atoms with van der Waals surface area (Å²) >= 11 is 2.12. The number of nitriles is 1. The molecule has 2 N–H and O–H groups in total. The highest BCUT2D eigenvalue weighted by Gasteiger charge is 2.13. The summed E-state index contributed by atoms with van der Waals surface area (Å²) in [4.78, 5) is 11.2. The van der Waals surface area contributed by atoms with Gasteiger partial charge in [-0.3, -0.25) is 4.79 Å². The van der Waals surface area contributed by atoms with Gasteiger partial charge in [-0.2, -0.15) is 5.26 Å². The molecule has 0 fully saturated rings. The van der Waals surface area contributed by atoms with Gasteiger partial charge in [-0.15, -0.1) is 0 Å². The Morgan fingerprint density at radius 1 is 1.42 bits per heavy atom. The molecular weight excluding hydrogens is 422 g/mol. The van der Waals surface area contributed by atoms with E-state index in [1.807, 2.05) is 0 Å². The van der Waals surface area contributed by atoms with Gasteiger partial charge in [0.2, 0.25) is 0 Å². The van der Waals surface area contributed by atoms with E-state index >= 15 is 0 Å². The van der Waals surface area contributed by atoms with Gasteiger partial charge in [-0.05, 0) is 58.0 Å². The molecule has 6 heteroatoms. The van der Waals surface area contributed by atoms with Gasteiger partial charge in [0.1, 0.15) is 23.2 Å². The van der Waals surface area contributed by atoms with Crippen molar-refractivity contribution in [1.29, 1.82) is 5.26 Å². The Hall–Kier alpha value is -2.40. The summed E-state index contributed by atoms with van der Waals surface area (Å²) in [6.45, 7) is 0. The van der Waals surface area contributed by atoms with Crippen LogP contribution in [0, 0.1) is 20.7 Å². The predicted molar refractivity (Wildman–Crippen MR) is 97.7 cm³/mol. The summed E-state index contributed by atoms with van der Waals surface area (Å²) in [5.41, 5.74) is 7.01. The van der Waals surface area contributed by atoms with Gasteiger partial charge in [-0.25, -0.2) is 4.39 Å². The lowest BCUT2D eigenvalue weighted by atomic mass is 10.0. The number of ether oxygens (including phenoxy) is 1. The van der Waals surface area contributed by atoms with E-state index in [1.54, 1.807) is 36.4 Å². The number of methoxy groups -OCH3 is 1. The Balaban J connectivity index is 2.47. The molecule has 122 valence electrons. The number of hydrogen-bond donors (Lipinski definition) is 1. The molecule has 0 aliphatic carbocycles. The van der Waals surface area contributed by atoms with Crippen LogP contribution < -0.4 is 10.5 Å². The first kappa shape index (κ1) is 17.9. The molecule has 0 saturated carbocycles. The van der Waals surface area contributed by atoms with Crippen LogP contribution in [0.25, 0.3) is 6.08 Å². The van der Waals surface area contributed by atoms with Crippen molar-refractivity contribution < 1.29 is 13.9 Å². The Morgan fingerprint density at radius 2 is 2.12 bits per heavy atom. The molecule has 0 atom stereocenters. The Labute approximate surface area is 152 Å². The van der Waals surface area contributed by atoms with Crippen molar-refractivity contribution in [1.82, 2.24) is 0 Å². The third-order valence-corrected chi connectivity index (χ3v) is 4.38. The maximum absolute atomic E-state index is 13.9. The molecule has 0 aliphatic rings. The average Bonchev–Trinajstić information content (AvgIpc) is 2.56. The van der Waals surface area contributed by atoms with Crippen molar-refractivity contribution in [3.8, 4) is 11.8 Å². The first-order valence-corrected chi connectivity index (χ1v) is 8.05. The lowest BCUT2D eigenvalue weighted by molar-refractivity contribution is -0.114. The quantitative estimate of drug-likeness (QED) is 0.444. The van der Waals surface area contributed by atoms with Gasteiger partial charge in [0.15, 0.2) is 0 Å². The zero-order valence-corrected chi connectivity index (χ0v) is 15.0. The second-order valence-corrected chi connectivity index (χ2v) is 6.15. The third kappa shape index (κ3) is 4.11. The molecule has 0 radical (unpaired) electrons. The standard InChI is InChI=1S/C18H14FIN2O2/c1-24-17-8-11(6-13(10-21)18(22)23)7-16(20)14(17)9-12-4-2-3-5-15(12)19/h2-8H,9H2,1H3,(H2,22,23)/b13-6+. The Kier molecular flexibility index (Phi) is 5.93. The number of rotatable bonds is 5. The monoisotopic (exact) mass is 436 g/mol. The highest BCUT2D eigenvalue weighted by molar-refractivity contribution is 14.1. The Bertz CT molecular complexity index is 857. The number of carbonyl (C=O) groups is 1. The maximum Gasteiger partial charge on any atom is 0.259 e.